The number of nitrogens with one attached hydrogen (secondary N) is 1. The van der Waals surface area contributed by atoms with Gasteiger partial charge in [0.05, 0.1) is 11.7 Å². The van der Waals surface area contributed by atoms with Crippen LogP contribution >= 0.6 is 0 Å². The van der Waals surface area contributed by atoms with Gasteiger partial charge in [0, 0.05) is 30.7 Å². The number of nitrogens with zero attached hydrogens (tertiary/aromatic N) is 3. The lowest BCUT2D eigenvalue weighted by Gasteiger charge is -2.36. The lowest BCUT2D eigenvalue weighted by Crippen LogP contribution is -2.41. The molecule has 1 saturated heterocycles. The van der Waals surface area contributed by atoms with E-state index in [1.165, 1.54) is 11.1 Å². The fourth-order valence-electron chi connectivity index (χ4n) is 4.40. The second-order valence-corrected chi connectivity index (χ2v) is 8.44. The molecule has 0 saturated carbocycles. The first-order chi connectivity index (χ1) is 15.1. The summed E-state index contributed by atoms with van der Waals surface area (Å²) in [4.78, 5) is 24.4. The SMILES string of the molecule is Cc1cnccc1CN1CCC([C@H](NC(=O)c2ccccc2C)c2ccccn2)CC1. The largest absolute Gasteiger partial charge is 0.343 e. The van der Waals surface area contributed by atoms with Gasteiger partial charge in [0.25, 0.3) is 5.91 Å². The molecule has 5 nitrogen and oxygen atoms in total. The highest BCUT2D eigenvalue weighted by Gasteiger charge is 2.30. The van der Waals surface area contributed by atoms with Crippen LogP contribution in [-0.2, 0) is 6.54 Å². The molecule has 1 aliphatic heterocycles. The Morgan fingerprint density at radius 3 is 2.52 bits per heavy atom. The van der Waals surface area contributed by atoms with Crippen molar-refractivity contribution in [3.05, 3.63) is 95.1 Å². The highest BCUT2D eigenvalue weighted by Crippen LogP contribution is 2.31. The smallest absolute Gasteiger partial charge is 0.252 e. The van der Waals surface area contributed by atoms with E-state index in [1.54, 1.807) is 0 Å². The van der Waals surface area contributed by atoms with Gasteiger partial charge in [-0.15, -0.1) is 0 Å². The summed E-state index contributed by atoms with van der Waals surface area (Å²) in [6, 6.07) is 15.7. The number of amides is 1. The van der Waals surface area contributed by atoms with Crippen LogP contribution in [0.2, 0.25) is 0 Å². The van der Waals surface area contributed by atoms with Crippen LogP contribution in [0.4, 0.5) is 0 Å². The van der Waals surface area contributed by atoms with Crippen LogP contribution in [0, 0.1) is 19.8 Å². The average Bonchev–Trinajstić information content (AvgIpc) is 2.80. The minimum atomic E-state index is -0.0851. The second-order valence-electron chi connectivity index (χ2n) is 8.44. The molecule has 0 aliphatic carbocycles. The van der Waals surface area contributed by atoms with Gasteiger partial charge < -0.3 is 5.32 Å². The van der Waals surface area contributed by atoms with Gasteiger partial charge in [-0.3, -0.25) is 19.7 Å². The van der Waals surface area contributed by atoms with Crippen molar-refractivity contribution in [2.75, 3.05) is 13.1 Å². The van der Waals surface area contributed by atoms with E-state index in [4.69, 9.17) is 0 Å². The summed E-state index contributed by atoms with van der Waals surface area (Å²) >= 11 is 0. The zero-order valence-corrected chi connectivity index (χ0v) is 18.3. The van der Waals surface area contributed by atoms with Crippen molar-refractivity contribution < 1.29 is 4.79 Å². The summed E-state index contributed by atoms with van der Waals surface area (Å²) in [5, 5.41) is 3.31. The Morgan fingerprint density at radius 2 is 1.81 bits per heavy atom. The van der Waals surface area contributed by atoms with Gasteiger partial charge in [0.1, 0.15) is 0 Å². The van der Waals surface area contributed by atoms with Gasteiger partial charge in [-0.1, -0.05) is 24.3 Å². The number of rotatable bonds is 6. The summed E-state index contributed by atoms with van der Waals surface area (Å²) < 4.78 is 0. The van der Waals surface area contributed by atoms with Crippen LogP contribution in [0.15, 0.2) is 67.1 Å². The molecule has 1 atom stereocenters. The number of aryl methyl sites for hydroxylation is 2. The predicted molar refractivity (Wildman–Crippen MR) is 123 cm³/mol. The van der Waals surface area contributed by atoms with Crippen molar-refractivity contribution >= 4 is 5.91 Å². The number of hydrogen-bond donors (Lipinski definition) is 1. The molecule has 3 aromatic rings. The first kappa shape index (κ1) is 21.2. The monoisotopic (exact) mass is 414 g/mol. The molecule has 0 unspecified atom stereocenters. The number of piperidine rings is 1. The van der Waals surface area contributed by atoms with Crippen molar-refractivity contribution in [1.82, 2.24) is 20.2 Å². The lowest BCUT2D eigenvalue weighted by molar-refractivity contribution is 0.0887. The molecule has 1 N–H and O–H groups in total. The topological polar surface area (TPSA) is 58.1 Å². The van der Waals surface area contributed by atoms with Crippen LogP contribution in [0.1, 0.15) is 51.6 Å². The maximum Gasteiger partial charge on any atom is 0.252 e. The Hall–Kier alpha value is -3.05. The molecule has 0 radical (unpaired) electrons. The van der Waals surface area contributed by atoms with Gasteiger partial charge >= 0.3 is 0 Å². The summed E-state index contributed by atoms with van der Waals surface area (Å²) in [5.74, 6) is 0.334. The number of hydrogen-bond acceptors (Lipinski definition) is 4. The number of carbonyl (C=O) groups excluding carboxylic acids is 1. The zero-order valence-electron chi connectivity index (χ0n) is 18.3. The van der Waals surface area contributed by atoms with Crippen LogP contribution in [-0.4, -0.2) is 33.9 Å². The number of likely N-dealkylation sites (tertiary alicyclic amines) is 1. The molecule has 1 aliphatic rings. The fourth-order valence-corrected chi connectivity index (χ4v) is 4.40. The maximum absolute atomic E-state index is 13.1. The molecule has 3 heterocycles. The van der Waals surface area contributed by atoms with E-state index in [2.05, 4.69) is 33.2 Å². The van der Waals surface area contributed by atoms with Gasteiger partial charge in [-0.05, 0) is 86.7 Å². The van der Waals surface area contributed by atoms with Crippen LogP contribution < -0.4 is 5.32 Å². The van der Waals surface area contributed by atoms with E-state index < -0.39 is 0 Å². The summed E-state index contributed by atoms with van der Waals surface area (Å²) in [5.41, 5.74) is 5.23. The Bertz CT molecular complexity index is 1010. The van der Waals surface area contributed by atoms with Gasteiger partial charge in [0.2, 0.25) is 0 Å². The van der Waals surface area contributed by atoms with Crippen molar-refractivity contribution in [2.24, 2.45) is 5.92 Å². The summed E-state index contributed by atoms with van der Waals surface area (Å²) in [6.07, 6.45) is 7.66. The minimum Gasteiger partial charge on any atom is -0.343 e. The maximum atomic E-state index is 13.1. The molecular formula is C26H30N4O. The Balaban J connectivity index is 1.46. The fraction of sp³-hybridized carbons (Fsp3) is 0.346. The van der Waals surface area contributed by atoms with Crippen LogP contribution in [0.25, 0.3) is 0 Å². The van der Waals surface area contributed by atoms with Crippen LogP contribution in [0.5, 0.6) is 0 Å². The average molecular weight is 415 g/mol. The molecule has 31 heavy (non-hydrogen) atoms. The molecule has 2 aromatic heterocycles. The molecular weight excluding hydrogens is 384 g/mol. The molecule has 1 amide bonds. The zero-order chi connectivity index (χ0) is 21.6. The van der Waals surface area contributed by atoms with E-state index in [0.717, 1.165) is 49.3 Å². The Kier molecular flexibility index (Phi) is 6.73. The third-order valence-electron chi connectivity index (χ3n) is 6.32. The van der Waals surface area contributed by atoms with Crippen molar-refractivity contribution in [2.45, 2.75) is 39.3 Å². The van der Waals surface area contributed by atoms with E-state index in [0.29, 0.717) is 5.92 Å². The molecule has 0 spiro atoms. The quantitative estimate of drug-likeness (QED) is 0.646. The summed E-state index contributed by atoms with van der Waals surface area (Å²) in [6.45, 7) is 7.06. The normalized spacial score (nSPS) is 16.1. The molecule has 0 bridgehead atoms. The highest BCUT2D eigenvalue weighted by atomic mass is 16.1. The molecule has 4 rings (SSSR count). The Morgan fingerprint density at radius 1 is 1.03 bits per heavy atom. The third kappa shape index (κ3) is 5.17. The molecule has 1 fully saturated rings. The lowest BCUT2D eigenvalue weighted by atomic mass is 9.86. The second kappa shape index (κ2) is 9.84. The van der Waals surface area contributed by atoms with E-state index in [9.17, 15) is 4.79 Å². The van der Waals surface area contributed by atoms with Crippen molar-refractivity contribution in [1.29, 1.82) is 0 Å². The summed E-state index contributed by atoms with van der Waals surface area (Å²) in [7, 11) is 0. The minimum absolute atomic E-state index is 0.0245. The Labute approximate surface area is 184 Å². The van der Waals surface area contributed by atoms with E-state index in [-0.39, 0.29) is 11.9 Å². The van der Waals surface area contributed by atoms with Crippen molar-refractivity contribution in [3.63, 3.8) is 0 Å². The number of pyridine rings is 2. The predicted octanol–water partition coefficient (Wildman–Crippen LogP) is 4.48. The van der Waals surface area contributed by atoms with Crippen molar-refractivity contribution in [3.8, 4) is 0 Å². The van der Waals surface area contributed by atoms with Crippen LogP contribution in [0.3, 0.4) is 0 Å². The molecule has 5 heteroatoms. The van der Waals surface area contributed by atoms with Gasteiger partial charge in [-0.25, -0.2) is 0 Å². The van der Waals surface area contributed by atoms with Gasteiger partial charge in [-0.2, -0.15) is 0 Å². The number of aromatic nitrogens is 2. The van der Waals surface area contributed by atoms with E-state index >= 15 is 0 Å². The first-order valence-corrected chi connectivity index (χ1v) is 11.0. The van der Waals surface area contributed by atoms with Gasteiger partial charge in [0.15, 0.2) is 0 Å². The standard InChI is InChI=1S/C26H30N4O/c1-19-7-3-4-8-23(19)26(31)29-25(24-9-5-6-13-28-24)21-11-15-30(16-12-21)18-22-10-14-27-17-20(22)2/h3-10,13-14,17,21,25H,11-12,15-16,18H2,1-2H3,(H,29,31)/t25-/m0/s1. The third-order valence-corrected chi connectivity index (χ3v) is 6.32. The molecule has 1 aromatic carbocycles. The first-order valence-electron chi connectivity index (χ1n) is 11.0. The molecule has 160 valence electrons. The highest BCUT2D eigenvalue weighted by molar-refractivity contribution is 5.95. The van der Waals surface area contributed by atoms with E-state index in [1.807, 2.05) is 68.0 Å². The number of carbonyl (C=O) groups is 1. The number of benzene rings is 1.